The van der Waals surface area contributed by atoms with Crippen molar-refractivity contribution in [3.05, 3.63) is 22.4 Å². The Morgan fingerprint density at radius 2 is 1.69 bits per heavy atom. The first kappa shape index (κ1) is 9.70. The van der Waals surface area contributed by atoms with Crippen LogP contribution >= 0.6 is 11.3 Å². The van der Waals surface area contributed by atoms with E-state index in [0.717, 1.165) is 29.6 Å². The molecule has 0 unspecified atom stereocenters. The van der Waals surface area contributed by atoms with Gasteiger partial charge in [0.25, 0.3) is 0 Å². The third-order valence-electron chi connectivity index (χ3n) is 5.44. The van der Waals surface area contributed by atoms with Gasteiger partial charge in [-0.1, -0.05) is 6.07 Å². The minimum Gasteiger partial charge on any atom is -0.149 e. The van der Waals surface area contributed by atoms with Crippen molar-refractivity contribution in [2.75, 3.05) is 0 Å². The summed E-state index contributed by atoms with van der Waals surface area (Å²) < 4.78 is 0. The van der Waals surface area contributed by atoms with E-state index in [1.165, 1.54) is 6.42 Å². The van der Waals surface area contributed by atoms with Crippen LogP contribution in [0.2, 0.25) is 0 Å². The summed E-state index contributed by atoms with van der Waals surface area (Å²) in [5, 5.41) is 2.24. The summed E-state index contributed by atoms with van der Waals surface area (Å²) in [4.78, 5) is 1.64. The summed E-state index contributed by atoms with van der Waals surface area (Å²) >= 11 is 1.97. The van der Waals surface area contributed by atoms with Gasteiger partial charge in [0.15, 0.2) is 0 Å². The number of hydrogen-bond acceptors (Lipinski definition) is 1. The number of rotatable bonds is 2. The van der Waals surface area contributed by atoms with E-state index in [0.29, 0.717) is 0 Å². The highest BCUT2D eigenvalue weighted by Crippen LogP contribution is 2.57. The summed E-state index contributed by atoms with van der Waals surface area (Å²) in [6, 6.07) is 4.56. The Morgan fingerprint density at radius 1 is 1.00 bits per heavy atom. The summed E-state index contributed by atoms with van der Waals surface area (Å²) in [5.41, 5.74) is 0. The first-order valence-corrected chi connectivity index (χ1v) is 7.79. The number of thiophene rings is 1. The van der Waals surface area contributed by atoms with Crippen molar-refractivity contribution in [1.29, 1.82) is 0 Å². The summed E-state index contributed by atoms with van der Waals surface area (Å²) in [5.74, 6) is 5.49. The minimum atomic E-state index is 1.05. The zero-order chi connectivity index (χ0) is 10.5. The summed E-state index contributed by atoms with van der Waals surface area (Å²) in [6.45, 7) is 0. The SMILES string of the molecule is c1csc(CC2C3CC4CC(C3)CC2C4)c1. The van der Waals surface area contributed by atoms with Crippen LogP contribution in [0.3, 0.4) is 0 Å². The molecule has 0 atom stereocenters. The van der Waals surface area contributed by atoms with E-state index in [1.807, 2.05) is 11.3 Å². The van der Waals surface area contributed by atoms with Gasteiger partial charge in [0.05, 0.1) is 0 Å². The van der Waals surface area contributed by atoms with E-state index in [4.69, 9.17) is 0 Å². The quantitative estimate of drug-likeness (QED) is 0.710. The maximum atomic E-state index is 2.34. The molecule has 1 aromatic rings. The maximum Gasteiger partial charge on any atom is 0.00481 e. The van der Waals surface area contributed by atoms with Crippen molar-refractivity contribution in [2.45, 2.75) is 38.5 Å². The van der Waals surface area contributed by atoms with Crippen molar-refractivity contribution in [3.63, 3.8) is 0 Å². The topological polar surface area (TPSA) is 0 Å². The molecule has 4 fully saturated rings. The van der Waals surface area contributed by atoms with Crippen LogP contribution in [-0.4, -0.2) is 0 Å². The van der Waals surface area contributed by atoms with E-state index >= 15 is 0 Å². The van der Waals surface area contributed by atoms with Gasteiger partial charge in [-0.25, -0.2) is 0 Å². The van der Waals surface area contributed by atoms with Gasteiger partial charge in [-0.2, -0.15) is 0 Å². The molecule has 4 bridgehead atoms. The molecule has 5 rings (SSSR count). The Hall–Kier alpha value is -0.300. The van der Waals surface area contributed by atoms with Gasteiger partial charge in [0.2, 0.25) is 0 Å². The summed E-state index contributed by atoms with van der Waals surface area (Å²) in [6.07, 6.45) is 9.27. The second kappa shape index (κ2) is 3.60. The average Bonchev–Trinajstić information content (AvgIpc) is 2.75. The average molecular weight is 232 g/mol. The van der Waals surface area contributed by atoms with Crippen LogP contribution < -0.4 is 0 Å². The van der Waals surface area contributed by atoms with Crippen LogP contribution in [0.1, 0.15) is 37.0 Å². The molecule has 1 heteroatoms. The molecule has 0 saturated heterocycles. The fourth-order valence-electron chi connectivity index (χ4n) is 5.03. The zero-order valence-corrected chi connectivity index (χ0v) is 10.6. The second-order valence-electron chi connectivity index (χ2n) is 6.38. The third-order valence-corrected chi connectivity index (χ3v) is 6.34. The first-order valence-electron chi connectivity index (χ1n) is 6.91. The van der Waals surface area contributed by atoms with Crippen LogP contribution in [0.5, 0.6) is 0 Å². The van der Waals surface area contributed by atoms with Gasteiger partial charge >= 0.3 is 0 Å². The van der Waals surface area contributed by atoms with Crippen LogP contribution in [0.4, 0.5) is 0 Å². The highest BCUT2D eigenvalue weighted by Gasteiger charge is 2.47. The molecule has 1 heterocycles. The Balaban J connectivity index is 1.56. The van der Waals surface area contributed by atoms with Gasteiger partial charge in [0, 0.05) is 4.88 Å². The van der Waals surface area contributed by atoms with Gasteiger partial charge in [-0.05, 0) is 79.6 Å². The molecule has 4 saturated carbocycles. The molecule has 0 amide bonds. The zero-order valence-electron chi connectivity index (χ0n) is 9.77. The summed E-state index contributed by atoms with van der Waals surface area (Å²) in [7, 11) is 0. The van der Waals surface area contributed by atoms with Gasteiger partial charge in [-0.3, -0.25) is 0 Å². The molecule has 1 aromatic heterocycles. The lowest BCUT2D eigenvalue weighted by Gasteiger charge is -2.54. The molecule has 0 radical (unpaired) electrons. The van der Waals surface area contributed by atoms with Crippen LogP contribution in [0.25, 0.3) is 0 Å². The van der Waals surface area contributed by atoms with Crippen molar-refractivity contribution < 1.29 is 0 Å². The molecule has 86 valence electrons. The van der Waals surface area contributed by atoms with Gasteiger partial charge in [0.1, 0.15) is 0 Å². The maximum absolute atomic E-state index is 2.34. The van der Waals surface area contributed by atoms with Crippen LogP contribution in [-0.2, 0) is 6.42 Å². The smallest absolute Gasteiger partial charge is 0.00481 e. The van der Waals surface area contributed by atoms with Gasteiger partial charge in [-0.15, -0.1) is 11.3 Å². The largest absolute Gasteiger partial charge is 0.149 e. The first-order chi connectivity index (χ1) is 7.88. The highest BCUT2D eigenvalue weighted by molar-refractivity contribution is 7.09. The normalized spacial score (nSPS) is 45.1. The second-order valence-corrected chi connectivity index (χ2v) is 7.41. The minimum absolute atomic E-state index is 1.05. The predicted molar refractivity (Wildman–Crippen MR) is 68.6 cm³/mol. The lowest BCUT2D eigenvalue weighted by molar-refractivity contribution is -0.0356. The Kier molecular flexibility index (Phi) is 2.18. The van der Waals surface area contributed by atoms with Crippen LogP contribution in [0, 0.1) is 29.6 Å². The van der Waals surface area contributed by atoms with E-state index < -0.39 is 0 Å². The third kappa shape index (κ3) is 1.48. The molecule has 0 nitrogen and oxygen atoms in total. The van der Waals surface area contributed by atoms with Crippen molar-refractivity contribution in [1.82, 2.24) is 0 Å². The Labute approximate surface area is 102 Å². The molecule has 4 aliphatic carbocycles. The highest BCUT2D eigenvalue weighted by atomic mass is 32.1. The lowest BCUT2D eigenvalue weighted by atomic mass is 9.51. The van der Waals surface area contributed by atoms with Crippen molar-refractivity contribution in [2.24, 2.45) is 29.6 Å². The Morgan fingerprint density at radius 3 is 2.25 bits per heavy atom. The molecule has 0 spiro atoms. The monoisotopic (exact) mass is 232 g/mol. The lowest BCUT2D eigenvalue weighted by Crippen LogP contribution is -2.45. The molecular weight excluding hydrogens is 212 g/mol. The van der Waals surface area contributed by atoms with E-state index in [9.17, 15) is 0 Å². The van der Waals surface area contributed by atoms with Gasteiger partial charge < -0.3 is 0 Å². The molecule has 0 aliphatic heterocycles. The molecule has 0 N–H and O–H groups in total. The predicted octanol–water partition coefficient (Wildman–Crippen LogP) is 4.36. The fourth-order valence-corrected chi connectivity index (χ4v) is 5.81. The molecule has 4 aliphatic rings. The van der Waals surface area contributed by atoms with E-state index in [1.54, 1.807) is 37.0 Å². The van der Waals surface area contributed by atoms with E-state index in [2.05, 4.69) is 17.5 Å². The molecule has 0 aromatic carbocycles. The Bertz CT molecular complexity index is 337. The van der Waals surface area contributed by atoms with Crippen molar-refractivity contribution in [3.8, 4) is 0 Å². The molecule has 16 heavy (non-hydrogen) atoms. The number of hydrogen-bond donors (Lipinski definition) is 0. The fraction of sp³-hybridized carbons (Fsp3) is 0.733. The van der Waals surface area contributed by atoms with Crippen molar-refractivity contribution >= 4 is 11.3 Å². The standard InChI is InChI=1S/C15H20S/c1-2-14(16-3-1)9-15-12-5-10-4-11(7-12)8-13(15)6-10/h1-3,10-13,15H,4-9H2. The van der Waals surface area contributed by atoms with E-state index in [-0.39, 0.29) is 0 Å². The van der Waals surface area contributed by atoms with Crippen LogP contribution in [0.15, 0.2) is 17.5 Å². The molecular formula is C15H20S.